The van der Waals surface area contributed by atoms with E-state index in [1.807, 2.05) is 38.1 Å². The molecule has 0 spiro atoms. The highest BCUT2D eigenvalue weighted by Gasteiger charge is 2.28. The van der Waals surface area contributed by atoms with Gasteiger partial charge in [-0.1, -0.05) is 18.2 Å². The van der Waals surface area contributed by atoms with Crippen LogP contribution in [0, 0.1) is 12.8 Å². The molecule has 5 heteroatoms. The Bertz CT molecular complexity index is 750. The van der Waals surface area contributed by atoms with Gasteiger partial charge in [0.05, 0.1) is 19.1 Å². The second-order valence-corrected chi connectivity index (χ2v) is 6.42. The summed E-state index contributed by atoms with van der Waals surface area (Å²) in [5, 5.41) is 0.971. The Morgan fingerprint density at radius 1 is 1.33 bits per heavy atom. The van der Waals surface area contributed by atoms with E-state index in [4.69, 9.17) is 4.74 Å². The van der Waals surface area contributed by atoms with Crippen LogP contribution in [0.15, 0.2) is 24.3 Å². The van der Waals surface area contributed by atoms with E-state index in [0.717, 1.165) is 41.5 Å². The van der Waals surface area contributed by atoms with Gasteiger partial charge in [-0.2, -0.15) is 0 Å². The molecule has 1 unspecified atom stereocenters. The number of nitrogens with one attached hydrogen (secondary N) is 1. The maximum atomic E-state index is 12.8. The van der Waals surface area contributed by atoms with E-state index in [1.165, 1.54) is 0 Å². The number of aryl methyl sites for hydroxylation is 1. The quantitative estimate of drug-likeness (QED) is 0.677. The van der Waals surface area contributed by atoms with Gasteiger partial charge in [-0.25, -0.2) is 0 Å². The molecular weight excluding hydrogens is 304 g/mol. The van der Waals surface area contributed by atoms with Crippen LogP contribution in [0.5, 0.6) is 0 Å². The number of carbonyl (C=O) groups is 2. The number of para-hydroxylation sites is 1. The molecule has 1 fully saturated rings. The maximum Gasteiger partial charge on any atom is 0.310 e. The highest BCUT2D eigenvalue weighted by molar-refractivity contribution is 6.10. The van der Waals surface area contributed by atoms with Crippen LogP contribution in [0.2, 0.25) is 0 Å². The van der Waals surface area contributed by atoms with Crippen molar-refractivity contribution in [1.82, 2.24) is 9.88 Å². The normalized spacial score (nSPS) is 18.7. The van der Waals surface area contributed by atoms with Crippen molar-refractivity contribution in [1.29, 1.82) is 0 Å². The van der Waals surface area contributed by atoms with Crippen molar-refractivity contribution in [2.24, 2.45) is 5.92 Å². The van der Waals surface area contributed by atoms with Gasteiger partial charge in [-0.15, -0.1) is 0 Å². The summed E-state index contributed by atoms with van der Waals surface area (Å²) in [5.41, 5.74) is 2.66. The smallest absolute Gasteiger partial charge is 0.310 e. The second kappa shape index (κ2) is 7.18. The van der Waals surface area contributed by atoms with Gasteiger partial charge in [0.1, 0.15) is 0 Å². The summed E-state index contributed by atoms with van der Waals surface area (Å²) in [4.78, 5) is 30.1. The molecule has 1 atom stereocenters. The van der Waals surface area contributed by atoms with Crippen LogP contribution in [0.3, 0.4) is 0 Å². The van der Waals surface area contributed by atoms with E-state index in [2.05, 4.69) is 9.88 Å². The fourth-order valence-corrected chi connectivity index (χ4v) is 3.57. The summed E-state index contributed by atoms with van der Waals surface area (Å²) >= 11 is 0. The second-order valence-electron chi connectivity index (χ2n) is 6.42. The first kappa shape index (κ1) is 16.7. The number of hydrogen-bond donors (Lipinski definition) is 1. The number of benzene rings is 1. The number of fused-ring (bicyclic) bond motifs is 1. The predicted molar refractivity (Wildman–Crippen MR) is 93.2 cm³/mol. The Kier molecular flexibility index (Phi) is 5.00. The van der Waals surface area contributed by atoms with Gasteiger partial charge in [0.25, 0.3) is 0 Å². The molecule has 0 bridgehead atoms. The third-order valence-electron chi connectivity index (χ3n) is 4.67. The number of esters is 1. The first-order valence-electron chi connectivity index (χ1n) is 8.59. The molecule has 1 aromatic heterocycles. The third-order valence-corrected chi connectivity index (χ3v) is 4.67. The summed E-state index contributed by atoms with van der Waals surface area (Å²) < 4.78 is 5.13. The highest BCUT2D eigenvalue weighted by Crippen LogP contribution is 2.24. The molecule has 1 N–H and O–H groups in total. The van der Waals surface area contributed by atoms with Gasteiger partial charge in [0, 0.05) is 28.7 Å². The first-order valence-corrected chi connectivity index (χ1v) is 8.59. The van der Waals surface area contributed by atoms with E-state index in [1.54, 1.807) is 0 Å². The van der Waals surface area contributed by atoms with Gasteiger partial charge in [-0.3, -0.25) is 14.5 Å². The van der Waals surface area contributed by atoms with Gasteiger partial charge in [0.15, 0.2) is 5.78 Å². The molecule has 2 heterocycles. The average molecular weight is 328 g/mol. The molecule has 2 aromatic rings. The fraction of sp³-hybridized carbons (Fsp3) is 0.474. The highest BCUT2D eigenvalue weighted by atomic mass is 16.5. The number of H-pyrrole nitrogens is 1. The number of nitrogens with zero attached hydrogens (tertiary/aromatic N) is 1. The van der Waals surface area contributed by atoms with Gasteiger partial charge >= 0.3 is 5.97 Å². The molecule has 0 saturated carbocycles. The van der Waals surface area contributed by atoms with Crippen molar-refractivity contribution in [3.05, 3.63) is 35.5 Å². The molecule has 1 saturated heterocycles. The topological polar surface area (TPSA) is 62.4 Å². The van der Waals surface area contributed by atoms with Gasteiger partial charge in [0.2, 0.25) is 0 Å². The molecule has 0 radical (unpaired) electrons. The molecule has 24 heavy (non-hydrogen) atoms. The van der Waals surface area contributed by atoms with E-state index in [0.29, 0.717) is 19.7 Å². The lowest BCUT2D eigenvalue weighted by molar-refractivity contribution is -0.149. The molecule has 0 amide bonds. The zero-order valence-electron chi connectivity index (χ0n) is 14.3. The lowest BCUT2D eigenvalue weighted by Gasteiger charge is -2.30. The first-order chi connectivity index (χ1) is 11.6. The number of ketones is 1. The summed E-state index contributed by atoms with van der Waals surface area (Å²) in [6, 6.07) is 7.87. The monoisotopic (exact) mass is 328 g/mol. The van der Waals surface area contributed by atoms with Crippen molar-refractivity contribution in [3.8, 4) is 0 Å². The standard InChI is InChI=1S/C19H24N2O3/c1-3-24-19(23)14-7-6-10-21(11-14)12-17(22)18-13(2)20-16-9-5-4-8-15(16)18/h4-5,8-9,14,20H,3,6-7,10-12H2,1-2H3. The average Bonchev–Trinajstić information content (AvgIpc) is 2.91. The Hall–Kier alpha value is -2.14. The summed E-state index contributed by atoms with van der Waals surface area (Å²) in [7, 11) is 0. The molecule has 1 aliphatic heterocycles. The number of Topliss-reactive ketones (excluding diaryl/α,β-unsaturated/α-hetero) is 1. The van der Waals surface area contributed by atoms with Crippen LogP contribution in [0.4, 0.5) is 0 Å². The Morgan fingerprint density at radius 2 is 2.12 bits per heavy atom. The lowest BCUT2D eigenvalue weighted by atomic mass is 9.97. The molecular formula is C19H24N2O3. The molecule has 0 aliphatic carbocycles. The van der Waals surface area contributed by atoms with Gasteiger partial charge in [-0.05, 0) is 39.3 Å². The predicted octanol–water partition coefficient (Wildman–Crippen LogP) is 2.93. The van der Waals surface area contributed by atoms with E-state index >= 15 is 0 Å². The Morgan fingerprint density at radius 3 is 2.92 bits per heavy atom. The number of piperidine rings is 1. The zero-order chi connectivity index (χ0) is 17.1. The van der Waals surface area contributed by atoms with Crippen LogP contribution >= 0.6 is 0 Å². The summed E-state index contributed by atoms with van der Waals surface area (Å²) in [6.45, 7) is 5.96. The maximum absolute atomic E-state index is 12.8. The molecule has 128 valence electrons. The fourth-order valence-electron chi connectivity index (χ4n) is 3.57. The third kappa shape index (κ3) is 3.36. The summed E-state index contributed by atoms with van der Waals surface area (Å²) in [5.74, 6) is -0.150. The van der Waals surface area contributed by atoms with Crippen molar-refractivity contribution < 1.29 is 14.3 Å². The number of rotatable bonds is 5. The SMILES string of the molecule is CCOC(=O)C1CCCN(CC(=O)c2c(C)[nH]c3ccccc23)C1. The van der Waals surface area contributed by atoms with Crippen LogP contribution in [-0.4, -0.2) is 47.9 Å². The van der Waals surface area contributed by atoms with Crippen LogP contribution in [-0.2, 0) is 9.53 Å². The van der Waals surface area contributed by atoms with Crippen molar-refractivity contribution in [3.63, 3.8) is 0 Å². The summed E-state index contributed by atoms with van der Waals surface area (Å²) in [6.07, 6.45) is 1.76. The molecule has 3 rings (SSSR count). The largest absolute Gasteiger partial charge is 0.466 e. The molecule has 1 aromatic carbocycles. The number of likely N-dealkylation sites (tertiary alicyclic amines) is 1. The Labute approximate surface area is 142 Å². The van der Waals surface area contributed by atoms with Crippen molar-refractivity contribution in [2.45, 2.75) is 26.7 Å². The lowest BCUT2D eigenvalue weighted by Crippen LogP contribution is -2.41. The zero-order valence-corrected chi connectivity index (χ0v) is 14.3. The van der Waals surface area contributed by atoms with E-state index in [9.17, 15) is 9.59 Å². The molecule has 5 nitrogen and oxygen atoms in total. The number of aromatic amines is 1. The van der Waals surface area contributed by atoms with Crippen LogP contribution < -0.4 is 0 Å². The van der Waals surface area contributed by atoms with Crippen molar-refractivity contribution in [2.75, 3.05) is 26.2 Å². The number of hydrogen-bond acceptors (Lipinski definition) is 4. The van der Waals surface area contributed by atoms with Crippen LogP contribution in [0.1, 0.15) is 35.8 Å². The number of aromatic nitrogens is 1. The Balaban J connectivity index is 1.72. The minimum atomic E-state index is -0.141. The number of carbonyl (C=O) groups excluding carboxylic acids is 2. The molecule has 1 aliphatic rings. The van der Waals surface area contributed by atoms with Crippen LogP contribution in [0.25, 0.3) is 10.9 Å². The van der Waals surface area contributed by atoms with E-state index in [-0.39, 0.29) is 17.7 Å². The minimum Gasteiger partial charge on any atom is -0.466 e. The number of ether oxygens (including phenoxy) is 1. The minimum absolute atomic E-state index is 0.106. The van der Waals surface area contributed by atoms with E-state index < -0.39 is 0 Å². The van der Waals surface area contributed by atoms with Gasteiger partial charge < -0.3 is 9.72 Å². The van der Waals surface area contributed by atoms with Crippen molar-refractivity contribution >= 4 is 22.7 Å².